The zero-order valence-corrected chi connectivity index (χ0v) is 13.6. The number of rotatable bonds is 5. The van der Waals surface area contributed by atoms with E-state index in [-0.39, 0.29) is 6.04 Å². The van der Waals surface area contributed by atoms with Gasteiger partial charge in [-0.2, -0.15) is 4.31 Å². The molecular formula is C13H19BrN2O2S. The van der Waals surface area contributed by atoms with Gasteiger partial charge in [0.15, 0.2) is 0 Å². The van der Waals surface area contributed by atoms with E-state index in [4.69, 9.17) is 0 Å². The fraction of sp³-hybridized carbons (Fsp3) is 0.538. The Morgan fingerprint density at radius 3 is 2.58 bits per heavy atom. The first kappa shape index (κ1) is 15.0. The van der Waals surface area contributed by atoms with Crippen molar-refractivity contribution in [2.24, 2.45) is 0 Å². The molecule has 1 fully saturated rings. The van der Waals surface area contributed by atoms with Crippen molar-refractivity contribution in [3.05, 3.63) is 28.2 Å². The fourth-order valence-electron chi connectivity index (χ4n) is 2.11. The van der Waals surface area contributed by atoms with E-state index in [2.05, 4.69) is 21.2 Å². The first-order chi connectivity index (χ1) is 8.96. The number of nitrogens with zero attached hydrogens (tertiary/aromatic N) is 1. The number of hydrogen-bond acceptors (Lipinski definition) is 3. The van der Waals surface area contributed by atoms with Crippen LogP contribution in [0.25, 0.3) is 0 Å². The van der Waals surface area contributed by atoms with Gasteiger partial charge in [-0.3, -0.25) is 0 Å². The SMILES string of the molecule is CCCN(C1CNC1)S(=O)(=O)c1ccc(Br)c(C)c1. The van der Waals surface area contributed by atoms with Gasteiger partial charge in [0.25, 0.3) is 0 Å². The van der Waals surface area contributed by atoms with Crippen LogP contribution in [0.4, 0.5) is 0 Å². The fourth-order valence-corrected chi connectivity index (χ4v) is 4.16. The number of nitrogens with one attached hydrogen (secondary N) is 1. The third-order valence-electron chi connectivity index (χ3n) is 3.35. The van der Waals surface area contributed by atoms with Crippen molar-refractivity contribution in [1.82, 2.24) is 9.62 Å². The van der Waals surface area contributed by atoms with Crippen molar-refractivity contribution in [2.75, 3.05) is 19.6 Å². The smallest absolute Gasteiger partial charge is 0.243 e. The van der Waals surface area contributed by atoms with Crippen LogP contribution in [-0.2, 0) is 10.0 Å². The lowest BCUT2D eigenvalue weighted by atomic mass is 10.2. The van der Waals surface area contributed by atoms with E-state index in [9.17, 15) is 8.42 Å². The van der Waals surface area contributed by atoms with E-state index in [1.54, 1.807) is 22.5 Å². The van der Waals surface area contributed by atoms with Crippen molar-refractivity contribution in [3.63, 3.8) is 0 Å². The summed E-state index contributed by atoms with van der Waals surface area (Å²) in [6, 6.07) is 5.29. The summed E-state index contributed by atoms with van der Waals surface area (Å²) in [6.07, 6.45) is 0.825. The zero-order valence-electron chi connectivity index (χ0n) is 11.2. The second-order valence-electron chi connectivity index (χ2n) is 4.84. The average Bonchev–Trinajstić information content (AvgIpc) is 2.29. The molecule has 0 amide bonds. The molecule has 6 heteroatoms. The minimum absolute atomic E-state index is 0.0916. The van der Waals surface area contributed by atoms with Crippen LogP contribution in [0.1, 0.15) is 18.9 Å². The molecule has 0 atom stereocenters. The summed E-state index contributed by atoms with van der Waals surface area (Å²) >= 11 is 3.40. The predicted molar refractivity (Wildman–Crippen MR) is 79.7 cm³/mol. The first-order valence-electron chi connectivity index (χ1n) is 6.45. The predicted octanol–water partition coefficient (Wildman–Crippen LogP) is 2.13. The highest BCUT2D eigenvalue weighted by molar-refractivity contribution is 9.10. The molecule has 106 valence electrons. The van der Waals surface area contributed by atoms with E-state index < -0.39 is 10.0 Å². The molecule has 2 rings (SSSR count). The minimum atomic E-state index is -3.39. The van der Waals surface area contributed by atoms with E-state index in [1.807, 2.05) is 13.8 Å². The topological polar surface area (TPSA) is 49.4 Å². The Balaban J connectivity index is 2.35. The van der Waals surface area contributed by atoms with Crippen LogP contribution in [0.15, 0.2) is 27.6 Å². The molecule has 1 aromatic carbocycles. The molecule has 0 radical (unpaired) electrons. The quantitative estimate of drug-likeness (QED) is 0.888. The molecular weight excluding hydrogens is 328 g/mol. The lowest BCUT2D eigenvalue weighted by Crippen LogP contribution is -2.58. The van der Waals surface area contributed by atoms with Gasteiger partial charge < -0.3 is 5.32 Å². The number of hydrogen-bond donors (Lipinski definition) is 1. The Morgan fingerprint density at radius 1 is 1.42 bits per heavy atom. The first-order valence-corrected chi connectivity index (χ1v) is 8.69. The van der Waals surface area contributed by atoms with Crippen molar-refractivity contribution in [1.29, 1.82) is 0 Å². The Kier molecular flexibility index (Phi) is 4.66. The number of aryl methyl sites for hydroxylation is 1. The molecule has 1 N–H and O–H groups in total. The number of halogens is 1. The summed E-state index contributed by atoms with van der Waals surface area (Å²) in [5, 5.41) is 3.13. The third kappa shape index (κ3) is 3.02. The van der Waals surface area contributed by atoms with Crippen LogP contribution in [0.5, 0.6) is 0 Å². The van der Waals surface area contributed by atoms with Crippen LogP contribution >= 0.6 is 15.9 Å². The molecule has 1 aliphatic rings. The average molecular weight is 347 g/mol. The molecule has 0 aliphatic carbocycles. The molecule has 1 aromatic rings. The van der Waals surface area contributed by atoms with Crippen molar-refractivity contribution in [2.45, 2.75) is 31.2 Å². The van der Waals surface area contributed by atoms with Gasteiger partial charge in [0.2, 0.25) is 10.0 Å². The Bertz CT molecular complexity index is 556. The molecule has 0 unspecified atom stereocenters. The van der Waals surface area contributed by atoms with Gasteiger partial charge >= 0.3 is 0 Å². The van der Waals surface area contributed by atoms with Crippen LogP contribution < -0.4 is 5.32 Å². The highest BCUT2D eigenvalue weighted by Crippen LogP contribution is 2.24. The van der Waals surface area contributed by atoms with Gasteiger partial charge in [0.1, 0.15) is 0 Å². The van der Waals surface area contributed by atoms with E-state index in [0.29, 0.717) is 11.4 Å². The van der Waals surface area contributed by atoms with Crippen LogP contribution in [0, 0.1) is 6.92 Å². The van der Waals surface area contributed by atoms with Crippen molar-refractivity contribution >= 4 is 26.0 Å². The maximum absolute atomic E-state index is 12.7. The van der Waals surface area contributed by atoms with Gasteiger partial charge in [0, 0.05) is 24.1 Å². The summed E-state index contributed by atoms with van der Waals surface area (Å²) in [5.41, 5.74) is 0.934. The zero-order chi connectivity index (χ0) is 14.0. The number of sulfonamides is 1. The van der Waals surface area contributed by atoms with Gasteiger partial charge in [-0.15, -0.1) is 0 Å². The lowest BCUT2D eigenvalue weighted by Gasteiger charge is -2.37. The van der Waals surface area contributed by atoms with E-state index >= 15 is 0 Å². The molecule has 1 saturated heterocycles. The minimum Gasteiger partial charge on any atom is -0.313 e. The lowest BCUT2D eigenvalue weighted by molar-refractivity contribution is 0.242. The third-order valence-corrected chi connectivity index (χ3v) is 6.18. The second-order valence-corrected chi connectivity index (χ2v) is 7.58. The van der Waals surface area contributed by atoms with E-state index in [1.165, 1.54) is 0 Å². The highest BCUT2D eigenvalue weighted by Gasteiger charge is 2.34. The molecule has 1 heterocycles. The Morgan fingerprint density at radius 2 is 2.11 bits per heavy atom. The normalized spacial score (nSPS) is 16.6. The summed E-state index contributed by atoms with van der Waals surface area (Å²) in [7, 11) is -3.39. The van der Waals surface area contributed by atoms with Crippen LogP contribution in [0.3, 0.4) is 0 Å². The van der Waals surface area contributed by atoms with Crippen LogP contribution in [-0.4, -0.2) is 38.4 Å². The summed E-state index contributed by atoms with van der Waals surface area (Å²) < 4.78 is 28.0. The van der Waals surface area contributed by atoms with Gasteiger partial charge in [-0.25, -0.2) is 8.42 Å². The molecule has 0 spiro atoms. The Labute approximate surface area is 123 Å². The summed E-state index contributed by atoms with van der Waals surface area (Å²) in [6.45, 7) is 5.97. The van der Waals surface area contributed by atoms with Gasteiger partial charge in [0.05, 0.1) is 10.9 Å². The number of benzene rings is 1. The second kappa shape index (κ2) is 5.91. The molecule has 0 bridgehead atoms. The molecule has 1 aliphatic heterocycles. The largest absolute Gasteiger partial charge is 0.313 e. The highest BCUT2D eigenvalue weighted by atomic mass is 79.9. The summed E-state index contributed by atoms with van der Waals surface area (Å²) in [4.78, 5) is 0.383. The van der Waals surface area contributed by atoms with E-state index in [0.717, 1.165) is 29.5 Å². The molecule has 19 heavy (non-hydrogen) atoms. The van der Waals surface area contributed by atoms with Gasteiger partial charge in [-0.05, 0) is 37.1 Å². The molecule has 0 saturated carbocycles. The van der Waals surface area contributed by atoms with Crippen LogP contribution in [0.2, 0.25) is 0 Å². The maximum Gasteiger partial charge on any atom is 0.243 e. The maximum atomic E-state index is 12.7. The van der Waals surface area contributed by atoms with Crippen molar-refractivity contribution < 1.29 is 8.42 Å². The molecule has 4 nitrogen and oxygen atoms in total. The summed E-state index contributed by atoms with van der Waals surface area (Å²) in [5.74, 6) is 0. The van der Waals surface area contributed by atoms with Crippen molar-refractivity contribution in [3.8, 4) is 0 Å². The van der Waals surface area contributed by atoms with Gasteiger partial charge in [-0.1, -0.05) is 22.9 Å². The molecule has 0 aromatic heterocycles. The monoisotopic (exact) mass is 346 g/mol. The Hall–Kier alpha value is -0.430. The standard InChI is InChI=1S/C13H19BrN2O2S/c1-3-6-16(11-8-15-9-11)19(17,18)12-4-5-13(14)10(2)7-12/h4-5,7,11,15H,3,6,8-9H2,1-2H3.